The molecule has 67 heavy (non-hydrogen) atoms. The second-order valence-corrected chi connectivity index (χ2v) is 20.6. The molecule has 1 aliphatic carbocycles. The predicted octanol–water partition coefficient (Wildman–Crippen LogP) is 7.60. The fraction of sp³-hybridized carbons (Fsp3) is 0.961. The zero-order chi connectivity index (χ0) is 48.1. The fourth-order valence-corrected chi connectivity index (χ4v) is 9.94. The van der Waals surface area contributed by atoms with Crippen LogP contribution >= 0.6 is 7.82 Å². The van der Waals surface area contributed by atoms with Crippen LogP contribution in [0.25, 0.3) is 0 Å². The van der Waals surface area contributed by atoms with E-state index in [0.29, 0.717) is 32.1 Å². The Morgan fingerprint density at radius 3 is 1.42 bits per heavy atom. The standard InChI is InChI=1S/C51H97O14P.Na/c1-3-5-7-9-11-13-15-17-19-21-23-25-27-29-31-37-46(53)60-40-42(62-47(54)38-32-30-28-26-24-22-20-18-16-14-12-10-8-6-4-2)41-61-66(58,59)65-44-36-34-33-35-43(44)63-51-50(57)49(56)48(55)45(39-52)64-51;/h42-45,48-52,55-57H,3-41H2,1-2H3,(H,58,59);/q;+1/p-1/t42-,43-,44-,45?,48?,49?,50?,51?;/m1./s1. The van der Waals surface area contributed by atoms with Gasteiger partial charge in [0.05, 0.1) is 25.4 Å². The summed E-state index contributed by atoms with van der Waals surface area (Å²) in [5.41, 5.74) is 0. The normalized spacial score (nSPS) is 23.3. The summed E-state index contributed by atoms with van der Waals surface area (Å²) in [5, 5.41) is 40.4. The Kier molecular flexibility index (Phi) is 41.0. The van der Waals surface area contributed by atoms with Crippen LogP contribution in [0.5, 0.6) is 0 Å². The van der Waals surface area contributed by atoms with Crippen molar-refractivity contribution in [3.05, 3.63) is 0 Å². The molecule has 1 saturated heterocycles. The first-order valence-electron chi connectivity index (χ1n) is 27.0. The smallest absolute Gasteiger partial charge is 0.756 e. The largest absolute Gasteiger partial charge is 1.00 e. The van der Waals surface area contributed by atoms with Crippen molar-refractivity contribution in [1.29, 1.82) is 0 Å². The monoisotopic (exact) mass is 987 g/mol. The molecule has 0 aromatic heterocycles. The minimum Gasteiger partial charge on any atom is -0.756 e. The number of esters is 2. The number of hydrogen-bond acceptors (Lipinski definition) is 14. The molecule has 1 saturated carbocycles. The van der Waals surface area contributed by atoms with Crippen LogP contribution in [0.1, 0.15) is 245 Å². The number of carbonyl (C=O) groups excluding carboxylic acids is 2. The minimum absolute atomic E-state index is 0. The van der Waals surface area contributed by atoms with Gasteiger partial charge in [-0.25, -0.2) is 0 Å². The van der Waals surface area contributed by atoms with Gasteiger partial charge in [0.2, 0.25) is 0 Å². The molecule has 0 bridgehead atoms. The number of ether oxygens (including phenoxy) is 4. The third kappa shape index (κ3) is 32.5. The molecule has 1 heterocycles. The Bertz CT molecular complexity index is 1230. The topological polar surface area (TPSA) is 211 Å². The Labute approximate surface area is 428 Å². The van der Waals surface area contributed by atoms with E-state index in [1.807, 2.05) is 0 Å². The van der Waals surface area contributed by atoms with Gasteiger partial charge in [-0.3, -0.25) is 14.2 Å². The van der Waals surface area contributed by atoms with Crippen molar-refractivity contribution < 1.29 is 97.0 Å². The maximum atomic E-state index is 13.2. The zero-order valence-electron chi connectivity index (χ0n) is 42.5. The van der Waals surface area contributed by atoms with Crippen molar-refractivity contribution in [3.8, 4) is 0 Å². The summed E-state index contributed by atoms with van der Waals surface area (Å²) in [6.45, 7) is 2.87. The SMILES string of the molecule is CCCCCCCCCCCCCCCCCC(=O)OC[C@H](COP(=O)([O-])O[C@@H]1CCCC[C@H]1OC1OC(CO)C(O)C(O)C1O)OC(=O)CCCCCCCCCCCCCCCCC.[Na+]. The molecule has 16 heteroatoms. The van der Waals surface area contributed by atoms with E-state index in [9.17, 15) is 39.5 Å². The van der Waals surface area contributed by atoms with Gasteiger partial charge >= 0.3 is 41.5 Å². The van der Waals surface area contributed by atoms with E-state index in [2.05, 4.69) is 13.8 Å². The molecule has 0 spiro atoms. The van der Waals surface area contributed by atoms with Crippen molar-refractivity contribution in [3.63, 3.8) is 0 Å². The van der Waals surface area contributed by atoms with Crippen LogP contribution in [-0.4, -0.2) is 101 Å². The van der Waals surface area contributed by atoms with Crippen LogP contribution in [-0.2, 0) is 42.1 Å². The number of phosphoric ester groups is 1. The number of hydrogen-bond donors (Lipinski definition) is 4. The average Bonchev–Trinajstić information content (AvgIpc) is 3.30. The molecule has 0 aromatic carbocycles. The molecule has 2 fully saturated rings. The summed E-state index contributed by atoms with van der Waals surface area (Å²) in [5.74, 6) is -0.983. The van der Waals surface area contributed by atoms with Crippen molar-refractivity contribution in [2.45, 2.75) is 294 Å². The Balaban J connectivity index is 0.0000224. The van der Waals surface area contributed by atoms with Gasteiger partial charge in [-0.1, -0.05) is 206 Å². The van der Waals surface area contributed by atoms with E-state index in [-0.39, 0.29) is 55.4 Å². The van der Waals surface area contributed by atoms with E-state index >= 15 is 0 Å². The molecule has 0 amide bonds. The van der Waals surface area contributed by atoms with Crippen LogP contribution in [0.2, 0.25) is 0 Å². The van der Waals surface area contributed by atoms with Crippen molar-refractivity contribution in [2.75, 3.05) is 19.8 Å². The third-order valence-electron chi connectivity index (χ3n) is 13.2. The van der Waals surface area contributed by atoms with E-state index in [4.69, 9.17) is 28.0 Å². The first-order valence-corrected chi connectivity index (χ1v) is 28.4. The predicted molar refractivity (Wildman–Crippen MR) is 255 cm³/mol. The van der Waals surface area contributed by atoms with Gasteiger partial charge in [-0.2, -0.15) is 0 Å². The van der Waals surface area contributed by atoms with Crippen LogP contribution in [0, 0.1) is 0 Å². The average molecular weight is 987 g/mol. The van der Waals surface area contributed by atoms with Gasteiger partial charge in [0, 0.05) is 12.8 Å². The summed E-state index contributed by atoms with van der Waals surface area (Å²) in [6, 6.07) is 0. The molecular formula is C51H96NaO14P. The number of phosphoric acid groups is 1. The van der Waals surface area contributed by atoms with E-state index in [1.54, 1.807) is 0 Å². The molecule has 0 aromatic rings. The summed E-state index contributed by atoms with van der Waals surface area (Å²) in [6.07, 6.45) is 27.8. The van der Waals surface area contributed by atoms with Crippen LogP contribution in [0.3, 0.4) is 0 Å². The molecular weight excluding hydrogens is 891 g/mol. The van der Waals surface area contributed by atoms with Crippen LogP contribution < -0.4 is 34.5 Å². The second kappa shape index (κ2) is 42.3. The summed E-state index contributed by atoms with van der Waals surface area (Å²) >= 11 is 0. The summed E-state index contributed by atoms with van der Waals surface area (Å²) in [7, 11) is -5.05. The first-order chi connectivity index (χ1) is 32.0. The number of aliphatic hydroxyl groups excluding tert-OH is 4. The van der Waals surface area contributed by atoms with Crippen LogP contribution in [0.15, 0.2) is 0 Å². The van der Waals surface area contributed by atoms with Gasteiger partial charge in [0.15, 0.2) is 12.4 Å². The molecule has 9 atom stereocenters. The fourth-order valence-electron chi connectivity index (χ4n) is 8.96. The quantitative estimate of drug-likeness (QED) is 0.0201. The van der Waals surface area contributed by atoms with E-state index in [1.165, 1.54) is 141 Å². The molecule has 4 N–H and O–H groups in total. The number of rotatable bonds is 43. The second-order valence-electron chi connectivity index (χ2n) is 19.2. The van der Waals surface area contributed by atoms with Gasteiger partial charge in [0.25, 0.3) is 7.82 Å². The van der Waals surface area contributed by atoms with E-state index < -0.39 is 82.0 Å². The first kappa shape index (κ1) is 64.8. The summed E-state index contributed by atoms with van der Waals surface area (Å²) in [4.78, 5) is 38.9. The van der Waals surface area contributed by atoms with Crippen LogP contribution in [0.4, 0.5) is 0 Å². The number of aliphatic hydroxyl groups is 4. The molecule has 2 rings (SSSR count). The maximum absolute atomic E-state index is 13.2. The van der Waals surface area contributed by atoms with Gasteiger partial charge in [-0.15, -0.1) is 0 Å². The summed E-state index contributed by atoms with van der Waals surface area (Å²) < 4.78 is 46.3. The number of carbonyl (C=O) groups is 2. The van der Waals surface area contributed by atoms with Crippen molar-refractivity contribution >= 4 is 19.8 Å². The minimum atomic E-state index is -5.05. The molecule has 390 valence electrons. The molecule has 6 unspecified atom stereocenters. The molecule has 14 nitrogen and oxygen atoms in total. The van der Waals surface area contributed by atoms with Crippen molar-refractivity contribution in [2.24, 2.45) is 0 Å². The van der Waals surface area contributed by atoms with Crippen molar-refractivity contribution in [1.82, 2.24) is 0 Å². The molecule has 2 aliphatic rings. The maximum Gasteiger partial charge on any atom is 1.00 e. The van der Waals surface area contributed by atoms with Gasteiger partial charge < -0.3 is 53.3 Å². The van der Waals surface area contributed by atoms with Gasteiger partial charge in [-0.05, 0) is 25.7 Å². The number of unbranched alkanes of at least 4 members (excludes halogenated alkanes) is 28. The third-order valence-corrected chi connectivity index (χ3v) is 14.2. The molecule has 1 aliphatic heterocycles. The zero-order valence-corrected chi connectivity index (χ0v) is 45.4. The Hall–Kier alpha value is -0.190. The Morgan fingerprint density at radius 2 is 0.985 bits per heavy atom. The van der Waals surface area contributed by atoms with Gasteiger partial charge in [0.1, 0.15) is 31.0 Å². The molecule has 0 radical (unpaired) electrons. The Morgan fingerprint density at radius 1 is 0.582 bits per heavy atom. The van der Waals surface area contributed by atoms with E-state index in [0.717, 1.165) is 38.5 Å².